The number of rotatable bonds is 2. The first-order valence-corrected chi connectivity index (χ1v) is 7.33. The lowest BCUT2D eigenvalue weighted by Crippen LogP contribution is -2.56. The van der Waals surface area contributed by atoms with Crippen molar-refractivity contribution < 1.29 is 24.2 Å². The Morgan fingerprint density at radius 2 is 1.76 bits per heavy atom. The highest BCUT2D eigenvalue weighted by Crippen LogP contribution is 2.27. The number of methoxy groups -OCH3 is 1. The molecule has 2 fully saturated rings. The largest absolute Gasteiger partial charge is 0.480 e. The summed E-state index contributed by atoms with van der Waals surface area (Å²) >= 11 is 0. The standard InChI is InChI=1S/C14H22N2O5/c1-9-5-7-16(11(8-9)12(17)18)14(20)15-6-3-4-10(15)13(19)21-2/h9-11H,3-8H2,1-2H3,(H,17,18). The first-order chi connectivity index (χ1) is 9.95. The van der Waals surface area contributed by atoms with Gasteiger partial charge < -0.3 is 19.6 Å². The first-order valence-electron chi connectivity index (χ1n) is 7.33. The van der Waals surface area contributed by atoms with E-state index in [0.717, 1.165) is 12.8 Å². The third kappa shape index (κ3) is 3.11. The zero-order valence-electron chi connectivity index (χ0n) is 12.4. The van der Waals surface area contributed by atoms with Gasteiger partial charge in [0, 0.05) is 13.1 Å². The molecule has 3 unspecified atom stereocenters. The number of carbonyl (C=O) groups is 3. The van der Waals surface area contributed by atoms with Crippen molar-refractivity contribution in [2.24, 2.45) is 5.92 Å². The maximum Gasteiger partial charge on any atom is 0.328 e. The molecule has 0 aromatic rings. The number of amides is 2. The molecule has 2 rings (SSSR count). The first kappa shape index (κ1) is 15.6. The summed E-state index contributed by atoms with van der Waals surface area (Å²) in [6, 6.07) is -1.75. The van der Waals surface area contributed by atoms with Gasteiger partial charge in [-0.05, 0) is 31.6 Å². The summed E-state index contributed by atoms with van der Waals surface area (Å²) in [4.78, 5) is 38.6. The second-order valence-electron chi connectivity index (χ2n) is 5.83. The van der Waals surface area contributed by atoms with Crippen LogP contribution in [0.5, 0.6) is 0 Å². The SMILES string of the molecule is COC(=O)C1CCCN1C(=O)N1CCC(C)CC1C(=O)O. The molecule has 2 heterocycles. The second kappa shape index (κ2) is 6.32. The van der Waals surface area contributed by atoms with Gasteiger partial charge in [0.25, 0.3) is 0 Å². The van der Waals surface area contributed by atoms with E-state index in [0.29, 0.717) is 25.9 Å². The van der Waals surface area contributed by atoms with Crippen molar-refractivity contribution in [3.05, 3.63) is 0 Å². The van der Waals surface area contributed by atoms with E-state index in [1.807, 2.05) is 6.92 Å². The molecule has 7 heteroatoms. The van der Waals surface area contributed by atoms with Gasteiger partial charge in [0.1, 0.15) is 12.1 Å². The van der Waals surface area contributed by atoms with Crippen LogP contribution >= 0.6 is 0 Å². The maximum atomic E-state index is 12.6. The third-order valence-corrected chi connectivity index (χ3v) is 4.37. The van der Waals surface area contributed by atoms with Crippen LogP contribution in [0.3, 0.4) is 0 Å². The molecule has 0 bridgehead atoms. The number of carbonyl (C=O) groups excluding carboxylic acids is 2. The summed E-state index contributed by atoms with van der Waals surface area (Å²) in [5.74, 6) is -1.13. The number of esters is 1. The minimum Gasteiger partial charge on any atom is -0.480 e. The fourth-order valence-electron chi connectivity index (χ4n) is 3.15. The molecule has 0 spiro atoms. The molecule has 3 atom stereocenters. The van der Waals surface area contributed by atoms with Crippen LogP contribution in [0.25, 0.3) is 0 Å². The summed E-state index contributed by atoms with van der Waals surface area (Å²) in [5, 5.41) is 9.34. The van der Waals surface area contributed by atoms with Crippen molar-refractivity contribution in [1.82, 2.24) is 9.80 Å². The fraction of sp³-hybridized carbons (Fsp3) is 0.786. The maximum absolute atomic E-state index is 12.6. The van der Waals surface area contributed by atoms with Crippen LogP contribution in [-0.2, 0) is 14.3 Å². The van der Waals surface area contributed by atoms with Crippen molar-refractivity contribution in [3.63, 3.8) is 0 Å². The van der Waals surface area contributed by atoms with Gasteiger partial charge in [0.05, 0.1) is 7.11 Å². The van der Waals surface area contributed by atoms with E-state index in [1.165, 1.54) is 16.9 Å². The molecule has 0 saturated carbocycles. The number of carboxylic acids is 1. The van der Waals surface area contributed by atoms with Crippen LogP contribution in [-0.4, -0.2) is 65.2 Å². The molecule has 2 amide bonds. The highest BCUT2D eigenvalue weighted by atomic mass is 16.5. The third-order valence-electron chi connectivity index (χ3n) is 4.37. The van der Waals surface area contributed by atoms with Crippen LogP contribution in [0, 0.1) is 5.92 Å². The smallest absolute Gasteiger partial charge is 0.328 e. The molecule has 2 saturated heterocycles. The quantitative estimate of drug-likeness (QED) is 0.766. The van der Waals surface area contributed by atoms with Gasteiger partial charge in [0.2, 0.25) is 0 Å². The van der Waals surface area contributed by atoms with E-state index in [4.69, 9.17) is 4.74 Å². The van der Waals surface area contributed by atoms with Gasteiger partial charge in [-0.2, -0.15) is 0 Å². The van der Waals surface area contributed by atoms with Gasteiger partial charge in [0.15, 0.2) is 0 Å². The predicted octanol–water partition coefficient (Wildman–Crippen LogP) is 0.929. The Morgan fingerprint density at radius 1 is 1.10 bits per heavy atom. The summed E-state index contributed by atoms with van der Waals surface area (Å²) in [7, 11) is 1.30. The van der Waals surface area contributed by atoms with Crippen LogP contribution in [0.4, 0.5) is 4.79 Å². The Hall–Kier alpha value is -1.79. The summed E-state index contributed by atoms with van der Waals surface area (Å²) in [6.45, 7) is 2.88. The Bertz CT molecular complexity index is 439. The van der Waals surface area contributed by atoms with Crippen LogP contribution in [0.1, 0.15) is 32.6 Å². The van der Waals surface area contributed by atoms with E-state index in [2.05, 4.69) is 0 Å². The Morgan fingerprint density at radius 3 is 2.38 bits per heavy atom. The Balaban J connectivity index is 2.13. The van der Waals surface area contributed by atoms with Crippen LogP contribution in [0.15, 0.2) is 0 Å². The van der Waals surface area contributed by atoms with E-state index >= 15 is 0 Å². The summed E-state index contributed by atoms with van der Waals surface area (Å²) in [5.41, 5.74) is 0. The van der Waals surface area contributed by atoms with E-state index < -0.39 is 24.0 Å². The van der Waals surface area contributed by atoms with Crippen LogP contribution < -0.4 is 0 Å². The lowest BCUT2D eigenvalue weighted by atomic mass is 9.92. The number of hydrogen-bond donors (Lipinski definition) is 1. The van der Waals surface area contributed by atoms with Crippen molar-refractivity contribution in [1.29, 1.82) is 0 Å². The second-order valence-corrected chi connectivity index (χ2v) is 5.83. The molecule has 118 valence electrons. The summed E-state index contributed by atoms with van der Waals surface area (Å²) < 4.78 is 4.73. The fourth-order valence-corrected chi connectivity index (χ4v) is 3.15. The zero-order valence-corrected chi connectivity index (χ0v) is 12.4. The average Bonchev–Trinajstić information content (AvgIpc) is 2.94. The van der Waals surface area contributed by atoms with Crippen LogP contribution in [0.2, 0.25) is 0 Å². The minimum absolute atomic E-state index is 0.283. The number of piperidine rings is 1. The van der Waals surface area contributed by atoms with E-state index in [1.54, 1.807) is 0 Å². The number of hydrogen-bond acceptors (Lipinski definition) is 4. The van der Waals surface area contributed by atoms with Crippen molar-refractivity contribution in [2.75, 3.05) is 20.2 Å². The van der Waals surface area contributed by atoms with E-state index in [9.17, 15) is 19.5 Å². The monoisotopic (exact) mass is 298 g/mol. The molecule has 21 heavy (non-hydrogen) atoms. The van der Waals surface area contributed by atoms with Crippen molar-refractivity contribution >= 4 is 18.0 Å². The number of aliphatic carboxylic acids is 1. The number of nitrogens with zero attached hydrogens (tertiary/aromatic N) is 2. The lowest BCUT2D eigenvalue weighted by Gasteiger charge is -2.39. The molecular formula is C14H22N2O5. The normalized spacial score (nSPS) is 29.3. The molecule has 0 aliphatic carbocycles. The molecule has 0 aromatic heterocycles. The zero-order chi connectivity index (χ0) is 15.6. The van der Waals surface area contributed by atoms with Gasteiger partial charge in [-0.3, -0.25) is 0 Å². The molecule has 2 aliphatic heterocycles. The molecule has 0 aromatic carbocycles. The highest BCUT2D eigenvalue weighted by molar-refractivity contribution is 5.87. The molecule has 1 N–H and O–H groups in total. The van der Waals surface area contributed by atoms with Gasteiger partial charge in [-0.15, -0.1) is 0 Å². The van der Waals surface area contributed by atoms with Gasteiger partial charge in [-0.1, -0.05) is 6.92 Å². The van der Waals surface area contributed by atoms with Gasteiger partial charge >= 0.3 is 18.0 Å². The number of likely N-dealkylation sites (tertiary alicyclic amines) is 2. The Kier molecular flexibility index (Phi) is 4.69. The molecular weight excluding hydrogens is 276 g/mol. The van der Waals surface area contributed by atoms with Crippen molar-refractivity contribution in [2.45, 2.75) is 44.7 Å². The van der Waals surface area contributed by atoms with Gasteiger partial charge in [-0.25, -0.2) is 14.4 Å². The topological polar surface area (TPSA) is 87.2 Å². The van der Waals surface area contributed by atoms with Crippen molar-refractivity contribution in [3.8, 4) is 0 Å². The predicted molar refractivity (Wildman–Crippen MR) is 73.7 cm³/mol. The minimum atomic E-state index is -0.983. The van der Waals surface area contributed by atoms with E-state index in [-0.39, 0.29) is 11.9 Å². The Labute approximate surface area is 123 Å². The lowest BCUT2D eigenvalue weighted by molar-refractivity contribution is -0.145. The average molecular weight is 298 g/mol. The molecule has 2 aliphatic rings. The summed E-state index contributed by atoms with van der Waals surface area (Å²) in [6.07, 6.45) is 2.54. The number of ether oxygens (including phenoxy) is 1. The highest BCUT2D eigenvalue weighted by Gasteiger charge is 2.42. The molecule has 7 nitrogen and oxygen atoms in total. The number of carboxylic acid groups (broad SMARTS) is 1. The number of urea groups is 1. The molecule has 0 radical (unpaired) electrons.